The highest BCUT2D eigenvalue weighted by Gasteiger charge is 2.23. The molecular formula is C21H20O. The van der Waals surface area contributed by atoms with Crippen LogP contribution in [0.5, 0.6) is 5.75 Å². The maximum atomic E-state index is 10.2. The molecule has 0 atom stereocenters. The van der Waals surface area contributed by atoms with Crippen LogP contribution in [0.3, 0.4) is 0 Å². The van der Waals surface area contributed by atoms with E-state index >= 15 is 0 Å². The van der Waals surface area contributed by atoms with Crippen molar-refractivity contribution >= 4 is 0 Å². The first kappa shape index (κ1) is 14.4. The Bertz CT molecular complexity index is 758. The monoisotopic (exact) mass is 288 g/mol. The van der Waals surface area contributed by atoms with Crippen molar-refractivity contribution in [1.82, 2.24) is 0 Å². The Balaban J connectivity index is 2.10. The van der Waals surface area contributed by atoms with Gasteiger partial charge >= 0.3 is 0 Å². The Morgan fingerprint density at radius 3 is 1.91 bits per heavy atom. The lowest BCUT2D eigenvalue weighted by Gasteiger charge is -2.27. The van der Waals surface area contributed by atoms with E-state index in [-0.39, 0.29) is 5.41 Å². The minimum atomic E-state index is -0.113. The van der Waals surface area contributed by atoms with Gasteiger partial charge in [-0.1, -0.05) is 80.6 Å². The molecule has 0 aromatic heterocycles. The highest BCUT2D eigenvalue weighted by Crippen LogP contribution is 2.37. The van der Waals surface area contributed by atoms with Crippen LogP contribution in [0, 0.1) is 0 Å². The SMILES string of the molecule is CC(C)(c1ccccc1)c1ccc(O)c(-c2ccccc2)c1. The van der Waals surface area contributed by atoms with E-state index in [2.05, 4.69) is 44.2 Å². The van der Waals surface area contributed by atoms with Crippen LogP contribution in [0.2, 0.25) is 0 Å². The van der Waals surface area contributed by atoms with E-state index in [0.29, 0.717) is 5.75 Å². The molecule has 3 aromatic carbocycles. The molecule has 3 rings (SSSR count). The van der Waals surface area contributed by atoms with Gasteiger partial charge < -0.3 is 5.11 Å². The molecule has 0 aliphatic heterocycles. The topological polar surface area (TPSA) is 20.2 Å². The second-order valence-corrected chi connectivity index (χ2v) is 6.09. The molecule has 0 saturated heterocycles. The largest absolute Gasteiger partial charge is 0.507 e. The average Bonchev–Trinajstić information content (AvgIpc) is 2.57. The van der Waals surface area contributed by atoms with Crippen LogP contribution in [0.15, 0.2) is 78.9 Å². The molecule has 0 saturated carbocycles. The van der Waals surface area contributed by atoms with E-state index in [1.54, 1.807) is 6.07 Å². The summed E-state index contributed by atoms with van der Waals surface area (Å²) in [5.41, 5.74) is 4.25. The molecule has 0 amide bonds. The summed E-state index contributed by atoms with van der Waals surface area (Å²) < 4.78 is 0. The second-order valence-electron chi connectivity index (χ2n) is 6.09. The normalized spacial score (nSPS) is 11.4. The predicted molar refractivity (Wildman–Crippen MR) is 92.1 cm³/mol. The van der Waals surface area contributed by atoms with Gasteiger partial charge in [-0.25, -0.2) is 0 Å². The molecule has 0 aliphatic rings. The first-order chi connectivity index (χ1) is 10.6. The number of hydrogen-bond acceptors (Lipinski definition) is 1. The number of phenols is 1. The summed E-state index contributed by atoms with van der Waals surface area (Å²) in [6.45, 7) is 4.42. The first-order valence-corrected chi connectivity index (χ1v) is 7.53. The van der Waals surface area contributed by atoms with Crippen LogP contribution < -0.4 is 0 Å². The fourth-order valence-electron chi connectivity index (χ4n) is 2.80. The smallest absolute Gasteiger partial charge is 0.123 e. The van der Waals surface area contributed by atoms with Gasteiger partial charge in [0.25, 0.3) is 0 Å². The Morgan fingerprint density at radius 2 is 1.27 bits per heavy atom. The van der Waals surface area contributed by atoms with Crippen LogP contribution in [-0.4, -0.2) is 5.11 Å². The molecular weight excluding hydrogens is 268 g/mol. The van der Waals surface area contributed by atoms with Crippen LogP contribution in [0.1, 0.15) is 25.0 Å². The third-order valence-electron chi connectivity index (χ3n) is 4.30. The van der Waals surface area contributed by atoms with Gasteiger partial charge in [0.05, 0.1) is 0 Å². The molecule has 0 aliphatic carbocycles. The molecule has 1 heteroatoms. The summed E-state index contributed by atoms with van der Waals surface area (Å²) in [6.07, 6.45) is 0. The van der Waals surface area contributed by atoms with E-state index < -0.39 is 0 Å². The van der Waals surface area contributed by atoms with Crippen LogP contribution in [-0.2, 0) is 5.41 Å². The average molecular weight is 288 g/mol. The quantitative estimate of drug-likeness (QED) is 0.685. The minimum Gasteiger partial charge on any atom is -0.507 e. The molecule has 110 valence electrons. The molecule has 22 heavy (non-hydrogen) atoms. The fourth-order valence-corrected chi connectivity index (χ4v) is 2.80. The summed E-state index contributed by atoms with van der Waals surface area (Å²) in [6, 6.07) is 26.4. The zero-order valence-corrected chi connectivity index (χ0v) is 13.0. The van der Waals surface area contributed by atoms with Gasteiger partial charge in [0, 0.05) is 11.0 Å². The lowest BCUT2D eigenvalue weighted by Crippen LogP contribution is -2.18. The third-order valence-corrected chi connectivity index (χ3v) is 4.30. The van der Waals surface area contributed by atoms with E-state index in [4.69, 9.17) is 0 Å². The molecule has 3 aromatic rings. The zero-order chi connectivity index (χ0) is 15.6. The second kappa shape index (κ2) is 5.69. The van der Waals surface area contributed by atoms with Crippen molar-refractivity contribution < 1.29 is 5.11 Å². The van der Waals surface area contributed by atoms with Gasteiger partial charge in [-0.3, -0.25) is 0 Å². The zero-order valence-electron chi connectivity index (χ0n) is 13.0. The van der Waals surface area contributed by atoms with Gasteiger partial charge in [-0.2, -0.15) is 0 Å². The van der Waals surface area contributed by atoms with Crippen molar-refractivity contribution in [3.05, 3.63) is 90.0 Å². The van der Waals surface area contributed by atoms with Crippen molar-refractivity contribution in [2.24, 2.45) is 0 Å². The first-order valence-electron chi connectivity index (χ1n) is 7.53. The Hall–Kier alpha value is -2.54. The van der Waals surface area contributed by atoms with Crippen LogP contribution in [0.4, 0.5) is 0 Å². The van der Waals surface area contributed by atoms with Crippen LogP contribution in [0.25, 0.3) is 11.1 Å². The van der Waals surface area contributed by atoms with Gasteiger partial charge in [0.15, 0.2) is 0 Å². The summed E-state index contributed by atoms with van der Waals surface area (Å²) in [4.78, 5) is 0. The Morgan fingerprint density at radius 1 is 0.682 bits per heavy atom. The molecule has 0 spiro atoms. The van der Waals surface area contributed by atoms with Crippen molar-refractivity contribution in [2.75, 3.05) is 0 Å². The maximum Gasteiger partial charge on any atom is 0.123 e. The van der Waals surface area contributed by atoms with E-state index in [9.17, 15) is 5.11 Å². The minimum absolute atomic E-state index is 0.113. The molecule has 0 bridgehead atoms. The predicted octanol–water partition coefficient (Wildman–Crippen LogP) is 5.39. The molecule has 0 radical (unpaired) electrons. The Kier molecular flexibility index (Phi) is 3.72. The Labute approximate surface area is 131 Å². The number of aromatic hydroxyl groups is 1. The summed E-state index contributed by atoms with van der Waals surface area (Å²) in [5.74, 6) is 0.318. The molecule has 0 fully saturated rings. The van der Waals surface area contributed by atoms with Gasteiger partial charge in [-0.15, -0.1) is 0 Å². The van der Waals surface area contributed by atoms with E-state index in [1.165, 1.54) is 11.1 Å². The van der Waals surface area contributed by atoms with Gasteiger partial charge in [0.2, 0.25) is 0 Å². The van der Waals surface area contributed by atoms with Crippen molar-refractivity contribution in [3.8, 4) is 16.9 Å². The molecule has 1 nitrogen and oxygen atoms in total. The van der Waals surface area contributed by atoms with Gasteiger partial charge in [-0.05, 0) is 28.8 Å². The molecule has 0 unspecified atom stereocenters. The summed E-state index contributed by atoms with van der Waals surface area (Å²) >= 11 is 0. The van der Waals surface area contributed by atoms with Crippen molar-refractivity contribution in [1.29, 1.82) is 0 Å². The van der Waals surface area contributed by atoms with E-state index in [1.807, 2.05) is 42.5 Å². The maximum absolute atomic E-state index is 10.2. The number of phenolic OH excluding ortho intramolecular Hbond substituents is 1. The number of rotatable bonds is 3. The lowest BCUT2D eigenvalue weighted by molar-refractivity contribution is 0.476. The third kappa shape index (κ3) is 2.62. The van der Waals surface area contributed by atoms with Crippen LogP contribution >= 0.6 is 0 Å². The van der Waals surface area contributed by atoms with Gasteiger partial charge in [0.1, 0.15) is 5.75 Å². The number of benzene rings is 3. The van der Waals surface area contributed by atoms with E-state index in [0.717, 1.165) is 11.1 Å². The highest BCUT2D eigenvalue weighted by molar-refractivity contribution is 5.71. The highest BCUT2D eigenvalue weighted by atomic mass is 16.3. The summed E-state index contributed by atoms with van der Waals surface area (Å²) in [7, 11) is 0. The lowest BCUT2D eigenvalue weighted by atomic mass is 9.77. The van der Waals surface area contributed by atoms with Crippen molar-refractivity contribution in [2.45, 2.75) is 19.3 Å². The van der Waals surface area contributed by atoms with Crippen molar-refractivity contribution in [3.63, 3.8) is 0 Å². The molecule has 0 heterocycles. The standard InChI is InChI=1S/C21H20O/c1-21(2,17-11-7-4-8-12-17)18-13-14-20(22)19(15-18)16-9-5-3-6-10-16/h3-15,22H,1-2H3. The summed E-state index contributed by atoms with van der Waals surface area (Å²) in [5, 5.41) is 10.2. The fraction of sp³-hybridized carbons (Fsp3) is 0.143. The molecule has 1 N–H and O–H groups in total. The number of hydrogen-bond donors (Lipinski definition) is 1.